The fourth-order valence-electron chi connectivity index (χ4n) is 2.10. The molecule has 7 heteroatoms. The van der Waals surface area contributed by atoms with Crippen LogP contribution >= 0.6 is 0 Å². The number of hydrogen-bond acceptors (Lipinski definition) is 5. The van der Waals surface area contributed by atoms with Crippen LogP contribution in [-0.2, 0) is 19.4 Å². The maximum absolute atomic E-state index is 12.1. The Morgan fingerprint density at radius 2 is 1.89 bits per heavy atom. The van der Waals surface area contributed by atoms with Gasteiger partial charge in [-0.15, -0.1) is 0 Å². The second kappa shape index (κ2) is 7.21. The van der Waals surface area contributed by atoms with Crippen molar-refractivity contribution in [2.75, 3.05) is 37.8 Å². The van der Waals surface area contributed by atoms with E-state index < -0.39 is 9.84 Å². The number of amides is 1. The highest BCUT2D eigenvalue weighted by molar-refractivity contribution is 7.91. The van der Waals surface area contributed by atoms with Gasteiger partial charge in [0.2, 0.25) is 5.91 Å². The molecule has 0 radical (unpaired) electrons. The number of sulfone groups is 1. The summed E-state index contributed by atoms with van der Waals surface area (Å²) in [6.45, 7) is 7.53. The van der Waals surface area contributed by atoms with Gasteiger partial charge in [-0.2, -0.15) is 0 Å². The fraction of sp³-hybridized carbons (Fsp3) is 0.917. The van der Waals surface area contributed by atoms with Gasteiger partial charge in [-0.3, -0.25) is 4.79 Å². The molecule has 0 aliphatic carbocycles. The van der Waals surface area contributed by atoms with Crippen LogP contribution in [0.1, 0.15) is 20.8 Å². The van der Waals surface area contributed by atoms with Gasteiger partial charge < -0.3 is 15.0 Å². The standard InChI is InChI=1S/C12H24N2O4S/c1-4-19(16,17)9-10(2)13-11(3)12(15)14-5-7-18-8-6-14/h10-11,13H,4-9H2,1-3H3. The van der Waals surface area contributed by atoms with E-state index in [9.17, 15) is 13.2 Å². The predicted molar refractivity (Wildman–Crippen MR) is 73.8 cm³/mol. The summed E-state index contributed by atoms with van der Waals surface area (Å²) in [5.74, 6) is 0.193. The zero-order valence-electron chi connectivity index (χ0n) is 11.9. The lowest BCUT2D eigenvalue weighted by Gasteiger charge is -2.30. The summed E-state index contributed by atoms with van der Waals surface area (Å²) in [6.07, 6.45) is 0. The lowest BCUT2D eigenvalue weighted by molar-refractivity contribution is -0.137. The third-order valence-electron chi connectivity index (χ3n) is 3.17. The number of carbonyl (C=O) groups is 1. The average molecular weight is 292 g/mol. The Morgan fingerprint density at radius 3 is 2.42 bits per heavy atom. The number of ether oxygens (including phenoxy) is 1. The summed E-state index contributed by atoms with van der Waals surface area (Å²) in [7, 11) is -3.02. The number of rotatable bonds is 6. The van der Waals surface area contributed by atoms with Crippen LogP contribution in [0.3, 0.4) is 0 Å². The van der Waals surface area contributed by atoms with Gasteiger partial charge in [-0.25, -0.2) is 8.42 Å². The van der Waals surface area contributed by atoms with Crippen LogP contribution < -0.4 is 5.32 Å². The quantitative estimate of drug-likeness (QED) is 0.724. The highest BCUT2D eigenvalue weighted by atomic mass is 32.2. The maximum Gasteiger partial charge on any atom is 0.239 e. The lowest BCUT2D eigenvalue weighted by Crippen LogP contribution is -2.52. The molecule has 2 atom stereocenters. The van der Waals surface area contributed by atoms with Crippen molar-refractivity contribution >= 4 is 15.7 Å². The molecule has 1 aliphatic heterocycles. The monoisotopic (exact) mass is 292 g/mol. The Morgan fingerprint density at radius 1 is 1.32 bits per heavy atom. The molecule has 1 saturated heterocycles. The van der Waals surface area contributed by atoms with Crippen molar-refractivity contribution in [2.45, 2.75) is 32.9 Å². The average Bonchev–Trinajstić information content (AvgIpc) is 2.38. The minimum Gasteiger partial charge on any atom is -0.378 e. The number of morpholine rings is 1. The van der Waals surface area contributed by atoms with Crippen molar-refractivity contribution in [1.29, 1.82) is 0 Å². The number of nitrogens with zero attached hydrogens (tertiary/aromatic N) is 1. The minimum atomic E-state index is -3.02. The molecule has 0 aromatic heterocycles. The van der Waals surface area contributed by atoms with Gasteiger partial charge in [-0.1, -0.05) is 6.92 Å². The van der Waals surface area contributed by atoms with Crippen molar-refractivity contribution < 1.29 is 17.9 Å². The van der Waals surface area contributed by atoms with E-state index in [1.807, 2.05) is 0 Å². The summed E-state index contributed by atoms with van der Waals surface area (Å²) in [5.41, 5.74) is 0. The minimum absolute atomic E-state index is 0.00375. The van der Waals surface area contributed by atoms with Crippen molar-refractivity contribution in [1.82, 2.24) is 10.2 Å². The normalized spacial score (nSPS) is 20.1. The van der Waals surface area contributed by atoms with Gasteiger partial charge in [0, 0.05) is 24.9 Å². The largest absolute Gasteiger partial charge is 0.378 e. The molecule has 0 aromatic carbocycles. The van der Waals surface area contributed by atoms with E-state index in [1.165, 1.54) is 0 Å². The maximum atomic E-state index is 12.1. The van der Waals surface area contributed by atoms with Crippen molar-refractivity contribution in [3.8, 4) is 0 Å². The van der Waals surface area contributed by atoms with E-state index in [1.54, 1.807) is 25.7 Å². The molecule has 1 N–H and O–H groups in total. The first-order valence-electron chi connectivity index (χ1n) is 6.68. The van der Waals surface area contributed by atoms with Gasteiger partial charge in [-0.05, 0) is 13.8 Å². The molecule has 0 aromatic rings. The van der Waals surface area contributed by atoms with Crippen LogP contribution in [0, 0.1) is 0 Å². The zero-order valence-corrected chi connectivity index (χ0v) is 12.7. The van der Waals surface area contributed by atoms with Gasteiger partial charge in [0.05, 0.1) is 25.0 Å². The van der Waals surface area contributed by atoms with E-state index >= 15 is 0 Å². The number of carbonyl (C=O) groups excluding carboxylic acids is 1. The smallest absolute Gasteiger partial charge is 0.239 e. The molecular weight excluding hydrogens is 268 g/mol. The first kappa shape index (κ1) is 16.4. The molecule has 0 bridgehead atoms. The van der Waals surface area contributed by atoms with Crippen LogP contribution in [0.5, 0.6) is 0 Å². The molecule has 6 nitrogen and oxygen atoms in total. The first-order chi connectivity index (χ1) is 8.85. The number of hydrogen-bond donors (Lipinski definition) is 1. The zero-order chi connectivity index (χ0) is 14.5. The lowest BCUT2D eigenvalue weighted by atomic mass is 10.2. The molecule has 1 rings (SSSR count). The Labute approximate surface area is 115 Å². The molecule has 1 fully saturated rings. The van der Waals surface area contributed by atoms with Gasteiger partial charge >= 0.3 is 0 Å². The molecule has 0 spiro atoms. The Kier molecular flexibility index (Phi) is 6.22. The molecule has 1 amide bonds. The van der Waals surface area contributed by atoms with Crippen molar-refractivity contribution in [3.63, 3.8) is 0 Å². The van der Waals surface area contributed by atoms with Gasteiger partial charge in [0.25, 0.3) is 0 Å². The molecular formula is C12H24N2O4S. The summed E-state index contributed by atoms with van der Waals surface area (Å²) in [6, 6.07) is -0.606. The van der Waals surface area contributed by atoms with Crippen LogP contribution in [0.15, 0.2) is 0 Å². The molecule has 1 heterocycles. The Hall–Kier alpha value is -0.660. The summed E-state index contributed by atoms with van der Waals surface area (Å²) in [4.78, 5) is 13.9. The second-order valence-corrected chi connectivity index (χ2v) is 7.32. The molecule has 1 aliphatic rings. The van der Waals surface area contributed by atoms with E-state index in [-0.39, 0.29) is 29.5 Å². The first-order valence-corrected chi connectivity index (χ1v) is 8.51. The third-order valence-corrected chi connectivity index (χ3v) is 5.06. The van der Waals surface area contributed by atoms with Crippen LogP contribution in [-0.4, -0.2) is 69.1 Å². The van der Waals surface area contributed by atoms with E-state index in [2.05, 4.69) is 5.32 Å². The van der Waals surface area contributed by atoms with Gasteiger partial charge in [0.1, 0.15) is 0 Å². The third kappa shape index (κ3) is 5.46. The SMILES string of the molecule is CCS(=O)(=O)CC(C)NC(C)C(=O)N1CCOCC1. The van der Waals surface area contributed by atoms with E-state index in [4.69, 9.17) is 4.74 Å². The summed E-state index contributed by atoms with van der Waals surface area (Å²) in [5, 5.41) is 3.06. The molecule has 0 saturated carbocycles. The van der Waals surface area contributed by atoms with Crippen molar-refractivity contribution in [2.24, 2.45) is 0 Å². The highest BCUT2D eigenvalue weighted by Crippen LogP contribution is 2.02. The molecule has 19 heavy (non-hydrogen) atoms. The Bertz CT molecular complexity index is 391. The highest BCUT2D eigenvalue weighted by Gasteiger charge is 2.24. The number of nitrogens with one attached hydrogen (secondary N) is 1. The van der Waals surface area contributed by atoms with Crippen LogP contribution in [0.4, 0.5) is 0 Å². The summed E-state index contributed by atoms with van der Waals surface area (Å²) >= 11 is 0. The second-order valence-electron chi connectivity index (χ2n) is 4.93. The topological polar surface area (TPSA) is 75.7 Å². The summed E-state index contributed by atoms with van der Waals surface area (Å²) < 4.78 is 28.2. The molecule has 112 valence electrons. The van der Waals surface area contributed by atoms with Crippen LogP contribution in [0.25, 0.3) is 0 Å². The Balaban J connectivity index is 2.44. The molecule has 2 unspecified atom stereocenters. The van der Waals surface area contributed by atoms with Crippen molar-refractivity contribution in [3.05, 3.63) is 0 Å². The van der Waals surface area contributed by atoms with E-state index in [0.717, 1.165) is 0 Å². The predicted octanol–water partition coefficient (Wildman–Crippen LogP) is -0.353. The van der Waals surface area contributed by atoms with Crippen LogP contribution in [0.2, 0.25) is 0 Å². The van der Waals surface area contributed by atoms with E-state index in [0.29, 0.717) is 26.3 Å². The fourth-order valence-corrected chi connectivity index (χ4v) is 3.20. The van der Waals surface area contributed by atoms with Gasteiger partial charge in [0.15, 0.2) is 9.84 Å².